The molecule has 2 aromatic carbocycles. The third-order valence-corrected chi connectivity index (χ3v) is 6.88. The predicted octanol–water partition coefficient (Wildman–Crippen LogP) is 5.15. The molecular weight excluding hydrogens is 456 g/mol. The summed E-state index contributed by atoms with van der Waals surface area (Å²) >= 11 is 10.2. The Morgan fingerprint density at radius 3 is 2.50 bits per heavy atom. The SMILES string of the molecule is CCN1C(=O)/C(=C2\SC(=S)N(C(C)c3ccccc3)C2=O)c2cc(Br)ccc21. The number of hydrogen-bond donors (Lipinski definition) is 0. The molecule has 142 valence electrons. The van der Waals surface area contributed by atoms with E-state index in [1.807, 2.05) is 62.4 Å². The van der Waals surface area contributed by atoms with Gasteiger partial charge in [0.1, 0.15) is 4.32 Å². The van der Waals surface area contributed by atoms with Crippen LogP contribution in [0.25, 0.3) is 5.57 Å². The van der Waals surface area contributed by atoms with Gasteiger partial charge >= 0.3 is 0 Å². The zero-order chi connectivity index (χ0) is 20.0. The molecule has 7 heteroatoms. The third-order valence-electron chi connectivity index (χ3n) is 4.99. The maximum Gasteiger partial charge on any atom is 0.267 e. The Labute approximate surface area is 181 Å². The van der Waals surface area contributed by atoms with E-state index in [1.165, 1.54) is 11.8 Å². The van der Waals surface area contributed by atoms with E-state index in [1.54, 1.807) is 9.80 Å². The Morgan fingerprint density at radius 2 is 1.82 bits per heavy atom. The van der Waals surface area contributed by atoms with Crippen LogP contribution >= 0.6 is 39.9 Å². The highest BCUT2D eigenvalue weighted by Gasteiger charge is 2.43. The van der Waals surface area contributed by atoms with E-state index in [9.17, 15) is 9.59 Å². The molecule has 1 fully saturated rings. The molecule has 0 radical (unpaired) electrons. The number of benzene rings is 2. The van der Waals surface area contributed by atoms with Gasteiger partial charge in [-0.1, -0.05) is 70.2 Å². The molecule has 2 aromatic rings. The van der Waals surface area contributed by atoms with E-state index in [2.05, 4.69) is 15.9 Å². The monoisotopic (exact) mass is 472 g/mol. The molecule has 0 N–H and O–H groups in total. The second-order valence-electron chi connectivity index (χ2n) is 6.54. The van der Waals surface area contributed by atoms with Gasteiger partial charge in [-0.25, -0.2) is 0 Å². The molecule has 0 spiro atoms. The zero-order valence-electron chi connectivity index (χ0n) is 15.3. The number of thioether (sulfide) groups is 1. The Balaban J connectivity index is 1.81. The van der Waals surface area contributed by atoms with E-state index in [4.69, 9.17) is 12.2 Å². The minimum atomic E-state index is -0.210. The Morgan fingerprint density at radius 1 is 1.11 bits per heavy atom. The summed E-state index contributed by atoms with van der Waals surface area (Å²) in [5.74, 6) is -0.359. The topological polar surface area (TPSA) is 40.6 Å². The van der Waals surface area contributed by atoms with Gasteiger partial charge in [0, 0.05) is 16.6 Å². The first-order valence-corrected chi connectivity index (χ1v) is 10.9. The quantitative estimate of drug-likeness (QED) is 0.457. The Kier molecular flexibility index (Phi) is 5.16. The fourth-order valence-corrected chi connectivity index (χ4v) is 5.43. The molecule has 2 aliphatic rings. The standard InChI is InChI=1S/C21H17BrN2O2S2/c1-3-23-16-10-9-14(22)11-15(16)17(19(23)25)18-20(26)24(21(27)28-18)12(2)13-7-5-4-6-8-13/h4-12H,3H2,1-2H3/b18-17-. The highest BCUT2D eigenvalue weighted by atomic mass is 79.9. The van der Waals surface area contributed by atoms with Gasteiger partial charge in [-0.2, -0.15) is 0 Å². The number of thiocarbonyl (C=S) groups is 1. The zero-order valence-corrected chi connectivity index (χ0v) is 18.5. The highest BCUT2D eigenvalue weighted by Crippen LogP contribution is 2.46. The van der Waals surface area contributed by atoms with Crippen molar-refractivity contribution >= 4 is 67.3 Å². The summed E-state index contributed by atoms with van der Waals surface area (Å²) in [4.78, 5) is 30.2. The molecule has 2 heterocycles. The smallest absolute Gasteiger partial charge is 0.267 e. The summed E-state index contributed by atoms with van der Waals surface area (Å²) in [5, 5.41) is 0. The van der Waals surface area contributed by atoms with Crippen molar-refractivity contribution < 1.29 is 9.59 Å². The number of fused-ring (bicyclic) bond motifs is 1. The summed E-state index contributed by atoms with van der Waals surface area (Å²) in [6, 6.07) is 15.3. The van der Waals surface area contributed by atoms with Crippen LogP contribution in [0.15, 0.2) is 57.9 Å². The van der Waals surface area contributed by atoms with Crippen molar-refractivity contribution in [3.8, 4) is 0 Å². The van der Waals surface area contributed by atoms with Crippen LogP contribution in [0.3, 0.4) is 0 Å². The fourth-order valence-electron chi connectivity index (χ4n) is 3.58. The summed E-state index contributed by atoms with van der Waals surface area (Å²) in [6.45, 7) is 4.42. The lowest BCUT2D eigenvalue weighted by Crippen LogP contribution is -2.31. The van der Waals surface area contributed by atoms with Crippen LogP contribution in [-0.4, -0.2) is 27.6 Å². The van der Waals surface area contributed by atoms with E-state index in [0.717, 1.165) is 21.3 Å². The molecule has 1 atom stereocenters. The van der Waals surface area contributed by atoms with E-state index in [0.29, 0.717) is 21.3 Å². The molecule has 0 saturated carbocycles. The van der Waals surface area contributed by atoms with Crippen molar-refractivity contribution in [3.63, 3.8) is 0 Å². The lowest BCUT2D eigenvalue weighted by atomic mass is 10.1. The molecule has 2 aliphatic heterocycles. The Hall–Kier alpha value is -1.96. The molecule has 0 bridgehead atoms. The number of likely N-dealkylation sites (N-methyl/N-ethyl adjacent to an activating group) is 1. The molecular formula is C21H17BrN2O2S2. The van der Waals surface area contributed by atoms with Gasteiger partial charge in [0.05, 0.1) is 22.2 Å². The molecule has 4 nitrogen and oxygen atoms in total. The van der Waals surface area contributed by atoms with Crippen LogP contribution in [0, 0.1) is 0 Å². The van der Waals surface area contributed by atoms with Crippen molar-refractivity contribution in [1.29, 1.82) is 0 Å². The maximum atomic E-state index is 13.3. The number of hydrogen-bond acceptors (Lipinski definition) is 4. The molecule has 0 aromatic heterocycles. The van der Waals surface area contributed by atoms with E-state index >= 15 is 0 Å². The van der Waals surface area contributed by atoms with Crippen molar-refractivity contribution in [1.82, 2.24) is 4.90 Å². The Bertz CT molecular complexity index is 1040. The number of nitrogens with zero attached hydrogens (tertiary/aromatic N) is 2. The first-order valence-electron chi connectivity index (χ1n) is 8.90. The number of rotatable bonds is 3. The molecule has 4 rings (SSSR count). The van der Waals surface area contributed by atoms with Gasteiger partial charge < -0.3 is 4.90 Å². The second-order valence-corrected chi connectivity index (χ2v) is 9.10. The largest absolute Gasteiger partial charge is 0.308 e. The lowest BCUT2D eigenvalue weighted by Gasteiger charge is -2.23. The van der Waals surface area contributed by atoms with E-state index in [-0.39, 0.29) is 17.9 Å². The van der Waals surface area contributed by atoms with Crippen LogP contribution in [0.4, 0.5) is 5.69 Å². The van der Waals surface area contributed by atoms with Crippen molar-refractivity contribution in [2.75, 3.05) is 11.4 Å². The highest BCUT2D eigenvalue weighted by molar-refractivity contribution is 9.10. The summed E-state index contributed by atoms with van der Waals surface area (Å²) < 4.78 is 1.34. The van der Waals surface area contributed by atoms with Crippen LogP contribution in [0.5, 0.6) is 0 Å². The number of carbonyl (C=O) groups excluding carboxylic acids is 2. The van der Waals surface area contributed by atoms with Crippen LogP contribution in [0.2, 0.25) is 0 Å². The molecule has 1 saturated heterocycles. The van der Waals surface area contributed by atoms with Gasteiger partial charge in [-0.05, 0) is 37.6 Å². The molecule has 2 amide bonds. The minimum Gasteiger partial charge on any atom is -0.308 e. The average Bonchev–Trinajstić information content (AvgIpc) is 3.13. The van der Waals surface area contributed by atoms with Gasteiger partial charge in [-0.15, -0.1) is 0 Å². The minimum absolute atomic E-state index is 0.150. The van der Waals surface area contributed by atoms with E-state index < -0.39 is 0 Å². The van der Waals surface area contributed by atoms with Crippen molar-refractivity contribution in [3.05, 3.63) is 69.0 Å². The number of anilines is 1. The number of carbonyl (C=O) groups is 2. The summed E-state index contributed by atoms with van der Waals surface area (Å²) in [6.07, 6.45) is 0. The van der Waals surface area contributed by atoms with Crippen molar-refractivity contribution in [2.45, 2.75) is 19.9 Å². The predicted molar refractivity (Wildman–Crippen MR) is 121 cm³/mol. The summed E-state index contributed by atoms with van der Waals surface area (Å²) in [7, 11) is 0. The van der Waals surface area contributed by atoms with Gasteiger partial charge in [0.2, 0.25) is 0 Å². The third kappa shape index (κ3) is 3.02. The first-order chi connectivity index (χ1) is 13.4. The van der Waals surface area contributed by atoms with Crippen LogP contribution < -0.4 is 4.90 Å². The number of amides is 2. The summed E-state index contributed by atoms with van der Waals surface area (Å²) in [5.41, 5.74) is 3.04. The molecule has 0 aliphatic carbocycles. The first kappa shape index (κ1) is 19.4. The van der Waals surface area contributed by atoms with Gasteiger partial charge in [0.15, 0.2) is 0 Å². The second kappa shape index (κ2) is 7.46. The number of halogens is 1. The van der Waals surface area contributed by atoms with Crippen LogP contribution in [0.1, 0.15) is 31.0 Å². The fraction of sp³-hybridized carbons (Fsp3) is 0.190. The average molecular weight is 473 g/mol. The van der Waals surface area contributed by atoms with Gasteiger partial charge in [-0.3, -0.25) is 14.5 Å². The maximum absolute atomic E-state index is 13.3. The van der Waals surface area contributed by atoms with Crippen molar-refractivity contribution in [2.24, 2.45) is 0 Å². The lowest BCUT2D eigenvalue weighted by molar-refractivity contribution is -0.123. The van der Waals surface area contributed by atoms with Crippen LogP contribution in [-0.2, 0) is 9.59 Å². The normalized spacial score (nSPS) is 20.2. The molecule has 28 heavy (non-hydrogen) atoms. The molecule has 1 unspecified atom stereocenters. The van der Waals surface area contributed by atoms with Gasteiger partial charge in [0.25, 0.3) is 11.8 Å².